The lowest BCUT2D eigenvalue weighted by Crippen LogP contribution is -2.38. The van der Waals surface area contributed by atoms with Crippen LogP contribution in [-0.4, -0.2) is 71.5 Å². The Balaban J connectivity index is 2.08. The third kappa shape index (κ3) is 5.82. The SMILES string of the molecule is CCCCOc1ccc(C2/C(=C(\O)c3ccncc3)C(=O)C(=O)N2CCN(CC)CC)cc1OC. The third-order valence-electron chi connectivity index (χ3n) is 6.30. The summed E-state index contributed by atoms with van der Waals surface area (Å²) in [7, 11) is 1.56. The molecule has 1 fully saturated rings. The van der Waals surface area contributed by atoms with Crippen molar-refractivity contribution in [1.29, 1.82) is 0 Å². The van der Waals surface area contributed by atoms with Crippen LogP contribution in [0.4, 0.5) is 0 Å². The molecule has 1 aliphatic heterocycles. The number of likely N-dealkylation sites (N-methyl/N-ethyl adjacent to an activating group) is 1. The lowest BCUT2D eigenvalue weighted by molar-refractivity contribution is -0.140. The number of rotatable bonds is 12. The number of hydrogen-bond acceptors (Lipinski definition) is 7. The molecule has 3 rings (SSSR count). The average Bonchev–Trinajstić information content (AvgIpc) is 3.14. The maximum absolute atomic E-state index is 13.2. The van der Waals surface area contributed by atoms with E-state index in [9.17, 15) is 14.7 Å². The van der Waals surface area contributed by atoms with Crippen molar-refractivity contribution in [2.45, 2.75) is 39.7 Å². The van der Waals surface area contributed by atoms with E-state index < -0.39 is 17.7 Å². The molecule has 1 saturated heterocycles. The first kappa shape index (κ1) is 26.2. The summed E-state index contributed by atoms with van der Waals surface area (Å²) < 4.78 is 11.4. The van der Waals surface area contributed by atoms with Gasteiger partial charge in [-0.3, -0.25) is 14.6 Å². The Labute approximate surface area is 207 Å². The van der Waals surface area contributed by atoms with Gasteiger partial charge in [0.1, 0.15) is 5.76 Å². The van der Waals surface area contributed by atoms with Gasteiger partial charge in [0.05, 0.1) is 25.3 Å². The molecule has 0 aliphatic carbocycles. The second kappa shape index (κ2) is 12.4. The van der Waals surface area contributed by atoms with E-state index in [4.69, 9.17) is 9.47 Å². The lowest BCUT2D eigenvalue weighted by atomic mass is 9.95. The smallest absolute Gasteiger partial charge is 0.295 e. The topological polar surface area (TPSA) is 92.2 Å². The first-order chi connectivity index (χ1) is 17.0. The van der Waals surface area contributed by atoms with Crippen LogP contribution >= 0.6 is 0 Å². The Bertz CT molecular complexity index is 1050. The van der Waals surface area contributed by atoms with Crippen LogP contribution in [0.25, 0.3) is 5.76 Å². The quantitative estimate of drug-likeness (QED) is 0.212. The molecule has 1 aromatic heterocycles. The predicted octanol–water partition coefficient (Wildman–Crippen LogP) is 4.03. The van der Waals surface area contributed by atoms with Crippen LogP contribution in [0, 0.1) is 0 Å². The van der Waals surface area contributed by atoms with E-state index in [0.717, 1.165) is 25.9 Å². The highest BCUT2D eigenvalue weighted by molar-refractivity contribution is 6.46. The van der Waals surface area contributed by atoms with Crippen molar-refractivity contribution in [3.8, 4) is 11.5 Å². The first-order valence-corrected chi connectivity index (χ1v) is 12.2. The number of amides is 1. The normalized spacial score (nSPS) is 17.3. The van der Waals surface area contributed by atoms with E-state index in [1.807, 2.05) is 6.07 Å². The highest BCUT2D eigenvalue weighted by Gasteiger charge is 2.46. The van der Waals surface area contributed by atoms with Gasteiger partial charge in [0.25, 0.3) is 11.7 Å². The minimum absolute atomic E-state index is 0.0578. The van der Waals surface area contributed by atoms with E-state index in [1.54, 1.807) is 36.3 Å². The number of pyridine rings is 1. The molecule has 0 bridgehead atoms. The van der Waals surface area contributed by atoms with Gasteiger partial charge in [-0.25, -0.2) is 0 Å². The monoisotopic (exact) mass is 481 g/mol. The average molecular weight is 482 g/mol. The van der Waals surface area contributed by atoms with Crippen LogP contribution in [0.2, 0.25) is 0 Å². The summed E-state index contributed by atoms with van der Waals surface area (Å²) in [6.45, 7) is 9.40. The van der Waals surface area contributed by atoms with Crippen LogP contribution in [0.5, 0.6) is 11.5 Å². The van der Waals surface area contributed by atoms with Gasteiger partial charge < -0.3 is 24.4 Å². The summed E-state index contributed by atoms with van der Waals surface area (Å²) >= 11 is 0. The fourth-order valence-electron chi connectivity index (χ4n) is 4.21. The Morgan fingerprint density at radius 2 is 1.80 bits per heavy atom. The minimum Gasteiger partial charge on any atom is -0.507 e. The van der Waals surface area contributed by atoms with Crippen molar-refractivity contribution in [2.75, 3.05) is 39.9 Å². The third-order valence-corrected chi connectivity index (χ3v) is 6.30. The van der Waals surface area contributed by atoms with Crippen LogP contribution in [0.1, 0.15) is 50.8 Å². The summed E-state index contributed by atoms with van der Waals surface area (Å²) in [4.78, 5) is 34.1. The number of aliphatic hydroxyl groups is 1. The lowest BCUT2D eigenvalue weighted by Gasteiger charge is -2.28. The Morgan fingerprint density at radius 3 is 2.43 bits per heavy atom. The van der Waals surface area contributed by atoms with Gasteiger partial charge in [-0.1, -0.05) is 33.3 Å². The second-order valence-corrected chi connectivity index (χ2v) is 8.37. The number of carbonyl (C=O) groups is 2. The molecule has 0 saturated carbocycles. The van der Waals surface area contributed by atoms with Crippen molar-refractivity contribution >= 4 is 17.4 Å². The maximum atomic E-state index is 13.2. The van der Waals surface area contributed by atoms with Crippen molar-refractivity contribution in [3.05, 3.63) is 59.4 Å². The molecule has 188 valence electrons. The van der Waals surface area contributed by atoms with Gasteiger partial charge in [0, 0.05) is 31.0 Å². The number of aliphatic hydroxyl groups excluding tert-OH is 1. The highest BCUT2D eigenvalue weighted by atomic mass is 16.5. The van der Waals surface area contributed by atoms with Crippen molar-refractivity contribution in [1.82, 2.24) is 14.8 Å². The molecule has 2 aromatic rings. The van der Waals surface area contributed by atoms with Crippen molar-refractivity contribution in [2.24, 2.45) is 0 Å². The molecule has 1 aliphatic rings. The number of ether oxygens (including phenoxy) is 2. The summed E-state index contributed by atoms with van der Waals surface area (Å²) in [5.41, 5.74) is 1.15. The molecule has 8 heteroatoms. The molecule has 0 radical (unpaired) electrons. The number of methoxy groups -OCH3 is 1. The Kier molecular flexibility index (Phi) is 9.25. The molecule has 0 spiro atoms. The molecular formula is C27H35N3O5. The van der Waals surface area contributed by atoms with Gasteiger partial charge in [-0.05, 0) is 49.3 Å². The Morgan fingerprint density at radius 1 is 1.09 bits per heavy atom. The number of benzene rings is 1. The summed E-state index contributed by atoms with van der Waals surface area (Å²) in [5.74, 6) is -0.440. The van der Waals surface area contributed by atoms with E-state index >= 15 is 0 Å². The standard InChI is InChI=1S/C27H35N3O5/c1-5-8-17-35-21-10-9-20(18-22(21)34-4)24-23(25(31)19-11-13-28-14-12-19)26(32)27(33)30(24)16-15-29(6-2)7-3/h9-14,18,24,31H,5-8,15-17H2,1-4H3/b25-23+. The molecular weight excluding hydrogens is 446 g/mol. The number of Topliss-reactive ketones (excluding diaryl/α,β-unsaturated/α-hetero) is 1. The van der Waals surface area contributed by atoms with Gasteiger partial charge >= 0.3 is 0 Å². The van der Waals surface area contributed by atoms with E-state index in [2.05, 4.69) is 30.7 Å². The van der Waals surface area contributed by atoms with Crippen LogP contribution in [-0.2, 0) is 9.59 Å². The summed E-state index contributed by atoms with van der Waals surface area (Å²) in [6.07, 6.45) is 5.00. The fourth-order valence-corrected chi connectivity index (χ4v) is 4.21. The van der Waals surface area contributed by atoms with Gasteiger partial charge in [-0.15, -0.1) is 0 Å². The number of carbonyl (C=O) groups excluding carboxylic acids is 2. The van der Waals surface area contributed by atoms with Crippen LogP contribution < -0.4 is 9.47 Å². The van der Waals surface area contributed by atoms with Crippen LogP contribution in [0.3, 0.4) is 0 Å². The fraction of sp³-hybridized carbons (Fsp3) is 0.444. The molecule has 1 unspecified atom stereocenters. The highest BCUT2D eigenvalue weighted by Crippen LogP contribution is 2.41. The number of aromatic nitrogens is 1. The Hall–Kier alpha value is -3.39. The molecule has 1 N–H and O–H groups in total. The molecule has 2 heterocycles. The molecule has 8 nitrogen and oxygen atoms in total. The zero-order valence-corrected chi connectivity index (χ0v) is 21.0. The molecule has 1 atom stereocenters. The number of unbranched alkanes of at least 4 members (excludes halogenated alkanes) is 1. The number of hydrogen-bond donors (Lipinski definition) is 1. The molecule has 1 amide bonds. The predicted molar refractivity (Wildman–Crippen MR) is 134 cm³/mol. The van der Waals surface area contributed by atoms with E-state index in [-0.39, 0.29) is 11.3 Å². The van der Waals surface area contributed by atoms with Gasteiger partial charge in [0.15, 0.2) is 11.5 Å². The number of likely N-dealkylation sites (tertiary alicyclic amines) is 1. The van der Waals surface area contributed by atoms with Crippen molar-refractivity contribution in [3.63, 3.8) is 0 Å². The molecule has 1 aromatic carbocycles. The maximum Gasteiger partial charge on any atom is 0.295 e. The summed E-state index contributed by atoms with van der Waals surface area (Å²) in [6, 6.07) is 7.87. The van der Waals surface area contributed by atoms with E-state index in [0.29, 0.717) is 42.3 Å². The van der Waals surface area contributed by atoms with Crippen molar-refractivity contribution < 1.29 is 24.2 Å². The number of nitrogens with zero attached hydrogens (tertiary/aromatic N) is 3. The zero-order valence-electron chi connectivity index (χ0n) is 21.0. The number of ketones is 1. The largest absolute Gasteiger partial charge is 0.507 e. The van der Waals surface area contributed by atoms with Gasteiger partial charge in [-0.2, -0.15) is 0 Å². The molecule has 35 heavy (non-hydrogen) atoms. The summed E-state index contributed by atoms with van der Waals surface area (Å²) in [5, 5.41) is 11.1. The van der Waals surface area contributed by atoms with Gasteiger partial charge in [0.2, 0.25) is 0 Å². The first-order valence-electron chi connectivity index (χ1n) is 12.2. The minimum atomic E-state index is -0.752. The van der Waals surface area contributed by atoms with Crippen LogP contribution in [0.15, 0.2) is 48.3 Å². The zero-order chi connectivity index (χ0) is 25.4. The van der Waals surface area contributed by atoms with E-state index in [1.165, 1.54) is 12.4 Å². The second-order valence-electron chi connectivity index (χ2n) is 8.37.